The molecular formula is C14H20N2. The number of likely N-dealkylation sites (tertiary alicyclic amines) is 1. The quantitative estimate of drug-likeness (QED) is 0.836. The maximum Gasteiger partial charge on any atom is 0.0233 e. The highest BCUT2D eigenvalue weighted by molar-refractivity contribution is 5.50. The largest absolute Gasteiger partial charge is 0.327 e. The maximum atomic E-state index is 5.45. The molecule has 1 aliphatic heterocycles. The van der Waals surface area contributed by atoms with Crippen LogP contribution in [0.1, 0.15) is 24.0 Å². The molecule has 1 aliphatic rings. The van der Waals surface area contributed by atoms with E-state index in [2.05, 4.69) is 35.2 Å². The Balaban J connectivity index is 2.00. The van der Waals surface area contributed by atoms with Gasteiger partial charge in [-0.05, 0) is 37.1 Å². The molecule has 0 spiro atoms. The first-order valence-corrected chi connectivity index (χ1v) is 6.06. The summed E-state index contributed by atoms with van der Waals surface area (Å²) in [6, 6.07) is 8.71. The van der Waals surface area contributed by atoms with Crippen molar-refractivity contribution in [1.29, 1.82) is 0 Å². The molecule has 1 aromatic carbocycles. The molecule has 0 unspecified atom stereocenters. The van der Waals surface area contributed by atoms with Crippen LogP contribution in [-0.4, -0.2) is 24.5 Å². The molecule has 1 heterocycles. The number of nitrogens with zero attached hydrogens (tertiary/aromatic N) is 1. The van der Waals surface area contributed by atoms with Gasteiger partial charge in [-0.15, -0.1) is 0 Å². The fraction of sp³-hybridized carbons (Fsp3) is 0.429. The van der Waals surface area contributed by atoms with Crippen molar-refractivity contribution in [2.75, 3.05) is 19.6 Å². The molecule has 16 heavy (non-hydrogen) atoms. The van der Waals surface area contributed by atoms with Gasteiger partial charge in [-0.25, -0.2) is 0 Å². The summed E-state index contributed by atoms with van der Waals surface area (Å²) >= 11 is 0. The number of nitrogens with two attached hydrogens (primary N) is 1. The minimum Gasteiger partial charge on any atom is -0.327 e. The van der Waals surface area contributed by atoms with E-state index in [0.29, 0.717) is 6.54 Å². The van der Waals surface area contributed by atoms with Crippen LogP contribution in [0.25, 0.3) is 6.08 Å². The molecule has 2 nitrogen and oxygen atoms in total. The van der Waals surface area contributed by atoms with Gasteiger partial charge in [-0.3, -0.25) is 4.90 Å². The topological polar surface area (TPSA) is 29.3 Å². The van der Waals surface area contributed by atoms with Gasteiger partial charge in [0.2, 0.25) is 0 Å². The predicted molar refractivity (Wildman–Crippen MR) is 69.0 cm³/mol. The smallest absolute Gasteiger partial charge is 0.0233 e. The van der Waals surface area contributed by atoms with E-state index in [-0.39, 0.29) is 0 Å². The molecule has 1 saturated heterocycles. The van der Waals surface area contributed by atoms with Crippen molar-refractivity contribution in [2.24, 2.45) is 5.73 Å². The van der Waals surface area contributed by atoms with E-state index < -0.39 is 0 Å². The molecule has 86 valence electrons. The summed E-state index contributed by atoms with van der Waals surface area (Å²) in [6.45, 7) is 4.20. The van der Waals surface area contributed by atoms with Crippen LogP contribution < -0.4 is 5.73 Å². The van der Waals surface area contributed by atoms with Crippen molar-refractivity contribution < 1.29 is 0 Å². The Bertz CT molecular complexity index is 352. The first-order chi connectivity index (χ1) is 7.88. The van der Waals surface area contributed by atoms with E-state index in [9.17, 15) is 0 Å². The van der Waals surface area contributed by atoms with Gasteiger partial charge in [0, 0.05) is 13.1 Å². The highest BCUT2D eigenvalue weighted by Gasteiger charge is 2.11. The zero-order chi connectivity index (χ0) is 11.2. The normalized spacial score (nSPS) is 17.3. The van der Waals surface area contributed by atoms with E-state index in [0.717, 1.165) is 6.54 Å². The monoisotopic (exact) mass is 216 g/mol. The van der Waals surface area contributed by atoms with E-state index in [4.69, 9.17) is 5.73 Å². The Labute approximate surface area is 97.8 Å². The molecule has 1 fully saturated rings. The van der Waals surface area contributed by atoms with Crippen LogP contribution in [0.2, 0.25) is 0 Å². The van der Waals surface area contributed by atoms with Gasteiger partial charge in [-0.2, -0.15) is 0 Å². The lowest BCUT2D eigenvalue weighted by molar-refractivity contribution is 0.331. The summed E-state index contributed by atoms with van der Waals surface area (Å²) in [4.78, 5) is 2.52. The zero-order valence-electron chi connectivity index (χ0n) is 9.73. The van der Waals surface area contributed by atoms with Crippen LogP contribution in [0, 0.1) is 0 Å². The van der Waals surface area contributed by atoms with Crippen LogP contribution >= 0.6 is 0 Å². The van der Waals surface area contributed by atoms with Crippen LogP contribution in [0.15, 0.2) is 30.3 Å². The number of hydrogen-bond acceptors (Lipinski definition) is 2. The Morgan fingerprint density at radius 1 is 1.25 bits per heavy atom. The van der Waals surface area contributed by atoms with Gasteiger partial charge in [0.15, 0.2) is 0 Å². The third kappa shape index (κ3) is 3.19. The van der Waals surface area contributed by atoms with Gasteiger partial charge < -0.3 is 5.73 Å². The summed E-state index contributed by atoms with van der Waals surface area (Å²) < 4.78 is 0. The second kappa shape index (κ2) is 5.83. The first-order valence-electron chi connectivity index (χ1n) is 6.06. The second-order valence-electron chi connectivity index (χ2n) is 4.37. The summed E-state index contributed by atoms with van der Waals surface area (Å²) in [5.41, 5.74) is 8.11. The lowest BCUT2D eigenvalue weighted by atomic mass is 10.1. The minimum atomic E-state index is 0.607. The Hall–Kier alpha value is -1.12. The second-order valence-corrected chi connectivity index (χ2v) is 4.37. The van der Waals surface area contributed by atoms with E-state index >= 15 is 0 Å². The van der Waals surface area contributed by atoms with Crippen molar-refractivity contribution in [3.8, 4) is 0 Å². The Kier molecular flexibility index (Phi) is 4.14. The van der Waals surface area contributed by atoms with Crippen molar-refractivity contribution in [3.63, 3.8) is 0 Å². The van der Waals surface area contributed by atoms with Crippen LogP contribution in [0.4, 0.5) is 0 Å². The Morgan fingerprint density at radius 2 is 2.06 bits per heavy atom. The number of benzene rings is 1. The van der Waals surface area contributed by atoms with Gasteiger partial charge in [0.1, 0.15) is 0 Å². The van der Waals surface area contributed by atoms with Crippen molar-refractivity contribution in [1.82, 2.24) is 4.90 Å². The molecule has 0 aliphatic carbocycles. The molecule has 0 saturated carbocycles. The average Bonchev–Trinajstić information content (AvgIpc) is 2.80. The lowest BCUT2D eigenvalue weighted by Crippen LogP contribution is -2.18. The maximum absolute atomic E-state index is 5.45. The van der Waals surface area contributed by atoms with Gasteiger partial charge in [0.05, 0.1) is 0 Å². The molecule has 2 heteroatoms. The fourth-order valence-electron chi connectivity index (χ4n) is 2.20. The highest BCUT2D eigenvalue weighted by atomic mass is 15.1. The van der Waals surface area contributed by atoms with E-state index in [1.54, 1.807) is 0 Å². The predicted octanol–water partition coefficient (Wildman–Crippen LogP) is 2.25. The molecule has 0 aromatic heterocycles. The molecule has 0 radical (unpaired) electrons. The Morgan fingerprint density at radius 3 is 2.81 bits per heavy atom. The molecule has 0 atom stereocenters. The van der Waals surface area contributed by atoms with Crippen LogP contribution in [0.3, 0.4) is 0 Å². The average molecular weight is 216 g/mol. The SMILES string of the molecule is NC/C=C/c1cccc(CN2CCCC2)c1. The lowest BCUT2D eigenvalue weighted by Gasteiger charge is -2.14. The van der Waals surface area contributed by atoms with Crippen LogP contribution in [-0.2, 0) is 6.54 Å². The molecular weight excluding hydrogens is 196 g/mol. The third-order valence-corrected chi connectivity index (χ3v) is 3.00. The molecule has 0 bridgehead atoms. The van der Waals surface area contributed by atoms with Crippen molar-refractivity contribution in [3.05, 3.63) is 41.5 Å². The molecule has 0 amide bonds. The summed E-state index contributed by atoms with van der Waals surface area (Å²) in [5, 5.41) is 0. The number of hydrogen-bond donors (Lipinski definition) is 1. The zero-order valence-corrected chi connectivity index (χ0v) is 9.73. The van der Waals surface area contributed by atoms with Gasteiger partial charge in [-0.1, -0.05) is 36.4 Å². The summed E-state index contributed by atoms with van der Waals surface area (Å²) in [5.74, 6) is 0. The number of rotatable bonds is 4. The molecule has 1 aromatic rings. The van der Waals surface area contributed by atoms with Gasteiger partial charge >= 0.3 is 0 Å². The molecule has 2 rings (SSSR count). The summed E-state index contributed by atoms with van der Waals surface area (Å²) in [6.07, 6.45) is 6.79. The van der Waals surface area contributed by atoms with Crippen LogP contribution in [0.5, 0.6) is 0 Å². The first kappa shape index (κ1) is 11.4. The van der Waals surface area contributed by atoms with Crippen molar-refractivity contribution >= 4 is 6.08 Å². The van der Waals surface area contributed by atoms with E-state index in [1.807, 2.05) is 6.08 Å². The minimum absolute atomic E-state index is 0.607. The van der Waals surface area contributed by atoms with Gasteiger partial charge in [0.25, 0.3) is 0 Å². The third-order valence-electron chi connectivity index (χ3n) is 3.00. The summed E-state index contributed by atoms with van der Waals surface area (Å²) in [7, 11) is 0. The fourth-order valence-corrected chi connectivity index (χ4v) is 2.20. The standard InChI is InChI=1S/C14H20N2/c15-8-4-7-13-5-3-6-14(11-13)12-16-9-1-2-10-16/h3-7,11H,1-2,8-10,12,15H2/b7-4+. The highest BCUT2D eigenvalue weighted by Crippen LogP contribution is 2.14. The van der Waals surface area contributed by atoms with E-state index in [1.165, 1.54) is 37.1 Å². The van der Waals surface area contributed by atoms with Crippen molar-refractivity contribution in [2.45, 2.75) is 19.4 Å². The molecule has 2 N–H and O–H groups in total.